The smallest absolute Gasteiger partial charge is 0.0745 e. The molecular weight excluding hydrogens is 224 g/mol. The van der Waals surface area contributed by atoms with Gasteiger partial charge in [-0.2, -0.15) is 0 Å². The molecule has 2 unspecified atom stereocenters. The predicted octanol–water partition coefficient (Wildman–Crippen LogP) is 0.578. The molecule has 104 valence electrons. The van der Waals surface area contributed by atoms with Crippen molar-refractivity contribution >= 4 is 0 Å². The molecule has 0 heterocycles. The van der Waals surface area contributed by atoms with Crippen LogP contribution in [0.5, 0.6) is 0 Å². The van der Waals surface area contributed by atoms with Crippen molar-refractivity contribution in [1.82, 2.24) is 0 Å². The summed E-state index contributed by atoms with van der Waals surface area (Å²) in [5, 5.41) is 17.9. The highest BCUT2D eigenvalue weighted by atomic mass is 16.5. The largest absolute Gasteiger partial charge is 0.391 e. The van der Waals surface area contributed by atoms with Crippen LogP contribution in [0.25, 0.3) is 0 Å². The van der Waals surface area contributed by atoms with E-state index < -0.39 is 12.2 Å². The molecule has 0 aromatic carbocycles. The summed E-state index contributed by atoms with van der Waals surface area (Å²) in [5.41, 5.74) is 0. The van der Waals surface area contributed by atoms with Gasteiger partial charge in [-0.05, 0) is 26.7 Å². The van der Waals surface area contributed by atoms with E-state index in [0.29, 0.717) is 39.6 Å². The van der Waals surface area contributed by atoms with E-state index in [4.69, 9.17) is 24.4 Å². The molecule has 0 aromatic heterocycles. The number of hydrogen-bond donors (Lipinski definition) is 2. The van der Waals surface area contributed by atoms with Gasteiger partial charge in [-0.15, -0.1) is 0 Å². The van der Waals surface area contributed by atoms with Crippen molar-refractivity contribution < 1.29 is 24.4 Å². The summed E-state index contributed by atoms with van der Waals surface area (Å²) in [6.45, 7) is 6.72. The minimum atomic E-state index is -0.401. The lowest BCUT2D eigenvalue weighted by atomic mass is 10.4. The zero-order chi connectivity index (χ0) is 12.9. The van der Waals surface area contributed by atoms with Crippen molar-refractivity contribution in [1.29, 1.82) is 0 Å². The Morgan fingerprint density at radius 1 is 0.706 bits per heavy atom. The molecule has 0 aliphatic carbocycles. The standard InChI is InChI=1S/C12H26O5/c1-11(13)9-16-7-3-5-15-6-4-8-17-10-12(2)14/h11-14H,3-10H2,1-2H3. The number of aliphatic hydroxyl groups is 2. The first-order valence-electron chi connectivity index (χ1n) is 6.22. The molecule has 17 heavy (non-hydrogen) atoms. The molecule has 0 rings (SSSR count). The molecule has 0 amide bonds. The van der Waals surface area contributed by atoms with Crippen LogP contribution in [0.2, 0.25) is 0 Å². The molecule has 0 aliphatic rings. The zero-order valence-corrected chi connectivity index (χ0v) is 10.9. The Hall–Kier alpha value is -0.200. The van der Waals surface area contributed by atoms with Crippen LogP contribution in [0.15, 0.2) is 0 Å². The zero-order valence-electron chi connectivity index (χ0n) is 10.9. The van der Waals surface area contributed by atoms with Crippen molar-refractivity contribution in [3.05, 3.63) is 0 Å². The molecule has 0 saturated carbocycles. The van der Waals surface area contributed by atoms with Gasteiger partial charge in [0.1, 0.15) is 0 Å². The fraction of sp³-hybridized carbons (Fsp3) is 1.00. The monoisotopic (exact) mass is 250 g/mol. The van der Waals surface area contributed by atoms with E-state index in [-0.39, 0.29) is 0 Å². The normalized spacial score (nSPS) is 14.8. The molecule has 2 atom stereocenters. The van der Waals surface area contributed by atoms with Crippen LogP contribution >= 0.6 is 0 Å². The highest BCUT2D eigenvalue weighted by molar-refractivity contribution is 4.44. The quantitative estimate of drug-likeness (QED) is 0.496. The molecule has 0 saturated heterocycles. The first-order valence-corrected chi connectivity index (χ1v) is 6.22. The average Bonchev–Trinajstić information content (AvgIpc) is 2.25. The van der Waals surface area contributed by atoms with Crippen molar-refractivity contribution in [2.75, 3.05) is 39.6 Å². The molecule has 0 aromatic rings. The van der Waals surface area contributed by atoms with Crippen LogP contribution in [0.3, 0.4) is 0 Å². The minimum Gasteiger partial charge on any atom is -0.391 e. The van der Waals surface area contributed by atoms with E-state index in [1.165, 1.54) is 0 Å². The highest BCUT2D eigenvalue weighted by Crippen LogP contribution is 1.91. The third kappa shape index (κ3) is 15.8. The van der Waals surface area contributed by atoms with Crippen molar-refractivity contribution in [3.8, 4) is 0 Å². The van der Waals surface area contributed by atoms with Gasteiger partial charge in [-0.1, -0.05) is 0 Å². The molecule has 0 fully saturated rings. The van der Waals surface area contributed by atoms with Gasteiger partial charge in [-0.3, -0.25) is 0 Å². The first-order chi connectivity index (χ1) is 8.13. The van der Waals surface area contributed by atoms with E-state index in [2.05, 4.69) is 0 Å². The Bertz CT molecular complexity index is 134. The summed E-state index contributed by atoms with van der Waals surface area (Å²) < 4.78 is 15.7. The molecular formula is C12H26O5. The Labute approximate surface area is 104 Å². The van der Waals surface area contributed by atoms with Crippen LogP contribution in [0, 0.1) is 0 Å². The summed E-state index contributed by atoms with van der Waals surface area (Å²) >= 11 is 0. The summed E-state index contributed by atoms with van der Waals surface area (Å²) in [7, 11) is 0. The molecule has 0 spiro atoms. The molecule has 0 radical (unpaired) electrons. The summed E-state index contributed by atoms with van der Waals surface area (Å²) in [5.74, 6) is 0. The second kappa shape index (κ2) is 12.3. The number of aliphatic hydroxyl groups excluding tert-OH is 2. The van der Waals surface area contributed by atoms with Crippen LogP contribution in [0.4, 0.5) is 0 Å². The second-order valence-corrected chi connectivity index (χ2v) is 4.17. The Balaban J connectivity index is 2.94. The van der Waals surface area contributed by atoms with E-state index in [0.717, 1.165) is 12.8 Å². The highest BCUT2D eigenvalue weighted by Gasteiger charge is 1.96. The van der Waals surface area contributed by atoms with E-state index in [1.807, 2.05) is 0 Å². The third-order valence-electron chi connectivity index (χ3n) is 1.87. The van der Waals surface area contributed by atoms with Gasteiger partial charge in [0, 0.05) is 26.4 Å². The van der Waals surface area contributed by atoms with Gasteiger partial charge in [0.25, 0.3) is 0 Å². The van der Waals surface area contributed by atoms with Crippen LogP contribution < -0.4 is 0 Å². The SMILES string of the molecule is CC(O)COCCCOCCCOCC(C)O. The van der Waals surface area contributed by atoms with Gasteiger partial charge in [0.05, 0.1) is 25.4 Å². The molecule has 5 heteroatoms. The van der Waals surface area contributed by atoms with Gasteiger partial charge in [0.15, 0.2) is 0 Å². The van der Waals surface area contributed by atoms with Gasteiger partial charge >= 0.3 is 0 Å². The topological polar surface area (TPSA) is 68.2 Å². The fourth-order valence-corrected chi connectivity index (χ4v) is 1.14. The maximum absolute atomic E-state index is 8.93. The lowest BCUT2D eigenvalue weighted by Crippen LogP contribution is -2.13. The van der Waals surface area contributed by atoms with Crippen LogP contribution in [0.1, 0.15) is 26.7 Å². The maximum Gasteiger partial charge on any atom is 0.0745 e. The molecule has 5 nitrogen and oxygen atoms in total. The number of ether oxygens (including phenoxy) is 3. The minimum absolute atomic E-state index is 0.382. The summed E-state index contributed by atoms with van der Waals surface area (Å²) in [4.78, 5) is 0. The number of hydrogen-bond acceptors (Lipinski definition) is 5. The van der Waals surface area contributed by atoms with Gasteiger partial charge in [0.2, 0.25) is 0 Å². The van der Waals surface area contributed by atoms with Crippen molar-refractivity contribution in [2.24, 2.45) is 0 Å². The number of rotatable bonds is 12. The maximum atomic E-state index is 8.93. The van der Waals surface area contributed by atoms with Crippen molar-refractivity contribution in [2.45, 2.75) is 38.9 Å². The molecule has 0 aliphatic heterocycles. The van der Waals surface area contributed by atoms with Gasteiger partial charge in [-0.25, -0.2) is 0 Å². The third-order valence-corrected chi connectivity index (χ3v) is 1.87. The summed E-state index contributed by atoms with van der Waals surface area (Å²) in [6.07, 6.45) is 0.867. The Morgan fingerprint density at radius 2 is 1.06 bits per heavy atom. The van der Waals surface area contributed by atoms with E-state index in [1.54, 1.807) is 13.8 Å². The second-order valence-electron chi connectivity index (χ2n) is 4.17. The molecule has 2 N–H and O–H groups in total. The van der Waals surface area contributed by atoms with Crippen LogP contribution in [-0.2, 0) is 14.2 Å². The Kier molecular flexibility index (Phi) is 12.1. The summed E-state index contributed by atoms with van der Waals surface area (Å²) in [6, 6.07) is 0. The van der Waals surface area contributed by atoms with Crippen molar-refractivity contribution in [3.63, 3.8) is 0 Å². The Morgan fingerprint density at radius 3 is 1.41 bits per heavy atom. The average molecular weight is 250 g/mol. The predicted molar refractivity (Wildman–Crippen MR) is 65.1 cm³/mol. The first kappa shape index (κ1) is 16.8. The fourth-order valence-electron chi connectivity index (χ4n) is 1.14. The van der Waals surface area contributed by atoms with E-state index >= 15 is 0 Å². The molecule has 0 bridgehead atoms. The lowest BCUT2D eigenvalue weighted by molar-refractivity contribution is 0.0208. The van der Waals surface area contributed by atoms with E-state index in [9.17, 15) is 0 Å². The lowest BCUT2D eigenvalue weighted by Gasteiger charge is -2.08. The van der Waals surface area contributed by atoms with Gasteiger partial charge < -0.3 is 24.4 Å². The van der Waals surface area contributed by atoms with Crippen LogP contribution in [-0.4, -0.2) is 62.1 Å².